The Labute approximate surface area is 158 Å². The van der Waals surface area contributed by atoms with E-state index in [1.807, 2.05) is 18.2 Å². The number of amides is 1. The summed E-state index contributed by atoms with van der Waals surface area (Å²) < 4.78 is 15.9. The number of ether oxygens (including phenoxy) is 3. The Bertz CT molecular complexity index is 826. The summed E-state index contributed by atoms with van der Waals surface area (Å²) in [5.74, 6) is -0.189. The molecule has 1 aliphatic rings. The quantitative estimate of drug-likeness (QED) is 0.759. The Kier molecular flexibility index (Phi) is 5.64. The predicted octanol–water partition coefficient (Wildman–Crippen LogP) is 2.83. The molecule has 1 unspecified atom stereocenters. The lowest BCUT2D eigenvalue weighted by Crippen LogP contribution is -2.42. The number of fused-ring (bicyclic) bond motifs is 1. The van der Waals surface area contributed by atoms with E-state index in [9.17, 15) is 9.59 Å². The summed E-state index contributed by atoms with van der Waals surface area (Å²) in [6.07, 6.45) is -0.111. The minimum absolute atomic E-state index is 0.172. The summed E-state index contributed by atoms with van der Waals surface area (Å²) >= 11 is 0. The molecule has 0 bridgehead atoms. The molecule has 1 aliphatic heterocycles. The first-order chi connectivity index (χ1) is 13.0. The van der Waals surface area contributed by atoms with Crippen molar-refractivity contribution in [3.05, 3.63) is 59.2 Å². The lowest BCUT2D eigenvalue weighted by Gasteiger charge is -2.30. The third-order valence-corrected chi connectivity index (χ3v) is 4.71. The Morgan fingerprint density at radius 1 is 0.963 bits per heavy atom. The highest BCUT2D eigenvalue weighted by molar-refractivity contribution is 5.97. The Hall–Kier alpha value is -3.02. The van der Waals surface area contributed by atoms with Crippen LogP contribution in [0.1, 0.15) is 28.4 Å². The molecule has 0 radical (unpaired) electrons. The zero-order valence-corrected chi connectivity index (χ0v) is 15.7. The van der Waals surface area contributed by atoms with Gasteiger partial charge in [-0.15, -0.1) is 0 Å². The fourth-order valence-corrected chi connectivity index (χ4v) is 3.26. The molecular weight excluding hydrogens is 346 g/mol. The van der Waals surface area contributed by atoms with Crippen LogP contribution in [0.15, 0.2) is 42.5 Å². The number of rotatable bonds is 5. The zero-order chi connectivity index (χ0) is 19.4. The van der Waals surface area contributed by atoms with Gasteiger partial charge in [0.1, 0.15) is 17.1 Å². The lowest BCUT2D eigenvalue weighted by atomic mass is 9.99. The highest BCUT2D eigenvalue weighted by atomic mass is 16.6. The van der Waals surface area contributed by atoms with Gasteiger partial charge in [-0.1, -0.05) is 30.3 Å². The van der Waals surface area contributed by atoms with E-state index in [4.69, 9.17) is 14.2 Å². The molecule has 2 aromatic carbocycles. The summed E-state index contributed by atoms with van der Waals surface area (Å²) in [5.41, 5.74) is 2.55. The van der Waals surface area contributed by atoms with Gasteiger partial charge in [0, 0.05) is 13.1 Å². The van der Waals surface area contributed by atoms with Crippen LogP contribution in [-0.4, -0.2) is 43.6 Å². The molecule has 0 aromatic heterocycles. The molecule has 0 aliphatic carbocycles. The van der Waals surface area contributed by atoms with Crippen molar-refractivity contribution in [1.82, 2.24) is 4.90 Å². The minimum atomic E-state index is -0.905. The van der Waals surface area contributed by atoms with E-state index >= 15 is 0 Å². The maximum absolute atomic E-state index is 12.8. The summed E-state index contributed by atoms with van der Waals surface area (Å²) in [6, 6.07) is 13.1. The smallest absolute Gasteiger partial charge is 0.346 e. The van der Waals surface area contributed by atoms with Crippen LogP contribution < -0.4 is 9.47 Å². The number of esters is 1. The molecule has 0 N–H and O–H groups in total. The first-order valence-corrected chi connectivity index (χ1v) is 8.82. The van der Waals surface area contributed by atoms with Crippen LogP contribution in [0.2, 0.25) is 0 Å². The second-order valence-electron chi connectivity index (χ2n) is 6.36. The number of hydrogen-bond donors (Lipinski definition) is 0. The molecule has 6 heteroatoms. The van der Waals surface area contributed by atoms with Gasteiger partial charge in [0.25, 0.3) is 5.91 Å². The van der Waals surface area contributed by atoms with Crippen molar-refractivity contribution in [2.24, 2.45) is 0 Å². The van der Waals surface area contributed by atoms with Crippen molar-refractivity contribution < 1.29 is 23.8 Å². The summed E-state index contributed by atoms with van der Waals surface area (Å²) in [5, 5.41) is 0. The number of carbonyl (C=O) groups is 2. The van der Waals surface area contributed by atoms with Crippen molar-refractivity contribution in [3.8, 4) is 11.5 Å². The van der Waals surface area contributed by atoms with E-state index in [1.165, 1.54) is 19.8 Å². The van der Waals surface area contributed by atoms with E-state index in [0.29, 0.717) is 24.6 Å². The molecule has 1 amide bonds. The Morgan fingerprint density at radius 3 is 2.22 bits per heavy atom. The van der Waals surface area contributed by atoms with Crippen LogP contribution >= 0.6 is 0 Å². The molecule has 0 saturated heterocycles. The molecule has 0 saturated carbocycles. The fourth-order valence-electron chi connectivity index (χ4n) is 3.26. The molecule has 0 spiro atoms. The zero-order valence-electron chi connectivity index (χ0n) is 15.7. The largest absolute Gasteiger partial charge is 0.496 e. The molecule has 6 nitrogen and oxygen atoms in total. The van der Waals surface area contributed by atoms with Crippen LogP contribution in [-0.2, 0) is 22.5 Å². The third kappa shape index (κ3) is 3.89. The van der Waals surface area contributed by atoms with Gasteiger partial charge in [-0.25, -0.2) is 4.79 Å². The monoisotopic (exact) mass is 369 g/mol. The minimum Gasteiger partial charge on any atom is -0.496 e. The van der Waals surface area contributed by atoms with Gasteiger partial charge in [0.15, 0.2) is 6.10 Å². The predicted molar refractivity (Wildman–Crippen MR) is 100.0 cm³/mol. The second-order valence-corrected chi connectivity index (χ2v) is 6.36. The highest BCUT2D eigenvalue weighted by Crippen LogP contribution is 2.29. The van der Waals surface area contributed by atoms with E-state index < -0.39 is 12.1 Å². The molecule has 1 atom stereocenters. The number of hydrogen-bond acceptors (Lipinski definition) is 5. The van der Waals surface area contributed by atoms with E-state index in [-0.39, 0.29) is 11.5 Å². The van der Waals surface area contributed by atoms with Crippen molar-refractivity contribution in [1.29, 1.82) is 0 Å². The van der Waals surface area contributed by atoms with Gasteiger partial charge in [-0.3, -0.25) is 4.79 Å². The molecular formula is C21H23NO5. The number of carbonyl (C=O) groups excluding carboxylic acids is 2. The number of benzene rings is 2. The molecule has 1 heterocycles. The van der Waals surface area contributed by atoms with Gasteiger partial charge < -0.3 is 19.1 Å². The van der Waals surface area contributed by atoms with Gasteiger partial charge in [0.2, 0.25) is 0 Å². The van der Waals surface area contributed by atoms with Gasteiger partial charge in [-0.2, -0.15) is 0 Å². The Morgan fingerprint density at radius 2 is 1.59 bits per heavy atom. The molecule has 27 heavy (non-hydrogen) atoms. The molecule has 3 rings (SSSR count). The lowest BCUT2D eigenvalue weighted by molar-refractivity contribution is -0.140. The van der Waals surface area contributed by atoms with E-state index in [2.05, 4.69) is 6.07 Å². The topological polar surface area (TPSA) is 65.1 Å². The number of nitrogens with zero attached hydrogens (tertiary/aromatic N) is 1. The average molecular weight is 369 g/mol. The Balaban J connectivity index is 1.71. The van der Waals surface area contributed by atoms with E-state index in [0.717, 1.165) is 12.0 Å². The second kappa shape index (κ2) is 8.12. The fraction of sp³-hybridized carbons (Fsp3) is 0.333. The average Bonchev–Trinajstić information content (AvgIpc) is 2.71. The van der Waals surface area contributed by atoms with Crippen LogP contribution in [0.25, 0.3) is 0 Å². The maximum Gasteiger partial charge on any atom is 0.346 e. The van der Waals surface area contributed by atoms with Gasteiger partial charge >= 0.3 is 5.97 Å². The van der Waals surface area contributed by atoms with Crippen molar-refractivity contribution >= 4 is 11.9 Å². The van der Waals surface area contributed by atoms with Gasteiger partial charge in [0.05, 0.1) is 14.2 Å². The molecule has 142 valence electrons. The standard InChI is InChI=1S/C21H23NO5/c1-14(20(23)22-12-11-15-7-4-5-8-16(15)13-22)27-21(24)19-17(25-2)9-6-10-18(19)26-3/h4-10,14H,11-13H2,1-3H3. The van der Waals surface area contributed by atoms with Crippen molar-refractivity contribution in [2.75, 3.05) is 20.8 Å². The SMILES string of the molecule is COc1cccc(OC)c1C(=O)OC(C)C(=O)N1CCc2ccccc2C1. The van der Waals surface area contributed by atoms with Crippen molar-refractivity contribution in [2.45, 2.75) is 26.0 Å². The highest BCUT2D eigenvalue weighted by Gasteiger charge is 2.29. The summed E-state index contributed by atoms with van der Waals surface area (Å²) in [4.78, 5) is 27.1. The van der Waals surface area contributed by atoms with Crippen molar-refractivity contribution in [3.63, 3.8) is 0 Å². The third-order valence-electron chi connectivity index (χ3n) is 4.71. The van der Waals surface area contributed by atoms with Crippen LogP contribution in [0, 0.1) is 0 Å². The first kappa shape index (κ1) is 18.8. The van der Waals surface area contributed by atoms with Crippen LogP contribution in [0.4, 0.5) is 0 Å². The summed E-state index contributed by atoms with van der Waals surface area (Å²) in [6.45, 7) is 2.72. The number of methoxy groups -OCH3 is 2. The molecule has 2 aromatic rings. The normalized spacial score (nSPS) is 14.1. The van der Waals surface area contributed by atoms with E-state index in [1.54, 1.807) is 30.0 Å². The van der Waals surface area contributed by atoms with Crippen LogP contribution in [0.3, 0.4) is 0 Å². The maximum atomic E-state index is 12.8. The first-order valence-electron chi connectivity index (χ1n) is 8.82. The van der Waals surface area contributed by atoms with Crippen LogP contribution in [0.5, 0.6) is 11.5 Å². The summed E-state index contributed by atoms with van der Waals surface area (Å²) in [7, 11) is 2.93. The molecule has 0 fully saturated rings. The van der Waals surface area contributed by atoms with Gasteiger partial charge in [-0.05, 0) is 36.6 Å².